The minimum atomic E-state index is -2.27. The Bertz CT molecular complexity index is 591. The summed E-state index contributed by atoms with van der Waals surface area (Å²) in [5, 5.41) is 10.7. The molecule has 0 bridgehead atoms. The molecular formula is C26H54O6Si2. The number of aliphatic hydroxyl groups is 1. The smallest absolute Gasteiger partial charge is 0.303 e. The molecule has 1 fully saturated rings. The van der Waals surface area contributed by atoms with E-state index in [0.717, 1.165) is 0 Å². The van der Waals surface area contributed by atoms with Crippen LogP contribution in [0.1, 0.15) is 96.4 Å². The van der Waals surface area contributed by atoms with Crippen LogP contribution in [-0.2, 0) is 23.1 Å². The van der Waals surface area contributed by atoms with Gasteiger partial charge in [0.1, 0.15) is 6.10 Å². The van der Waals surface area contributed by atoms with E-state index in [1.165, 1.54) is 6.92 Å². The molecule has 202 valence electrons. The van der Waals surface area contributed by atoms with Crippen molar-refractivity contribution in [1.29, 1.82) is 0 Å². The average molecular weight is 519 g/mol. The summed E-state index contributed by atoms with van der Waals surface area (Å²) in [7, 11) is -4.43. The van der Waals surface area contributed by atoms with Gasteiger partial charge in [0, 0.05) is 13.3 Å². The molecule has 34 heavy (non-hydrogen) atoms. The van der Waals surface area contributed by atoms with Gasteiger partial charge in [-0.15, -0.1) is 0 Å². The van der Waals surface area contributed by atoms with Crippen molar-refractivity contribution in [2.24, 2.45) is 0 Å². The maximum absolute atomic E-state index is 12.2. The second kappa shape index (κ2) is 12.8. The van der Waals surface area contributed by atoms with Gasteiger partial charge in [0.2, 0.25) is 8.32 Å². The van der Waals surface area contributed by atoms with E-state index in [2.05, 4.69) is 83.1 Å². The van der Waals surface area contributed by atoms with Gasteiger partial charge in [-0.2, -0.15) is 0 Å². The third-order valence-electron chi connectivity index (χ3n) is 8.07. The Labute approximate surface area is 211 Å². The van der Waals surface area contributed by atoms with Crippen LogP contribution in [-0.4, -0.2) is 58.9 Å². The molecule has 0 aromatic heterocycles. The summed E-state index contributed by atoms with van der Waals surface area (Å²) in [6, 6.07) is 0. The highest BCUT2D eigenvalue weighted by molar-refractivity contribution is 6.78. The lowest BCUT2D eigenvalue weighted by atomic mass is 10.0. The Morgan fingerprint density at radius 1 is 0.824 bits per heavy atom. The summed E-state index contributed by atoms with van der Waals surface area (Å²) in [5.41, 5.74) is 2.39. The normalized spacial score (nSPS) is 24.8. The van der Waals surface area contributed by atoms with E-state index >= 15 is 0 Å². The molecule has 0 aliphatic carbocycles. The average Bonchev–Trinajstić information content (AvgIpc) is 2.66. The van der Waals surface area contributed by atoms with Crippen molar-refractivity contribution in [3.05, 3.63) is 0 Å². The van der Waals surface area contributed by atoms with Crippen LogP contribution >= 0.6 is 0 Å². The number of esters is 1. The fourth-order valence-electron chi connectivity index (χ4n) is 6.90. The Morgan fingerprint density at radius 2 is 1.24 bits per heavy atom. The Kier molecular flexibility index (Phi) is 12.0. The van der Waals surface area contributed by atoms with Gasteiger partial charge in [0.15, 0.2) is 20.7 Å². The molecule has 0 spiro atoms. The highest BCUT2D eigenvalue weighted by Gasteiger charge is 2.52. The molecule has 1 aliphatic rings. The summed E-state index contributed by atoms with van der Waals surface area (Å²) in [5.74, 6) is -0.366. The van der Waals surface area contributed by atoms with Crippen molar-refractivity contribution in [2.45, 2.75) is 154 Å². The largest absolute Gasteiger partial charge is 0.457 e. The van der Waals surface area contributed by atoms with Crippen LogP contribution in [0.15, 0.2) is 0 Å². The highest BCUT2D eigenvalue weighted by atomic mass is 28.4. The second-order valence-corrected chi connectivity index (χ2v) is 22.9. The van der Waals surface area contributed by atoms with Gasteiger partial charge >= 0.3 is 5.97 Å². The molecule has 0 amide bonds. The number of aliphatic hydroxyl groups excluding tert-OH is 1. The first-order valence-corrected chi connectivity index (χ1v) is 17.6. The number of hydrogen-bond acceptors (Lipinski definition) is 6. The predicted octanol–water partition coefficient (Wildman–Crippen LogP) is 6.78. The van der Waals surface area contributed by atoms with Crippen molar-refractivity contribution in [3.8, 4) is 0 Å². The minimum Gasteiger partial charge on any atom is -0.457 e. The number of carbonyl (C=O) groups excluding carboxylic acids is 1. The van der Waals surface area contributed by atoms with Crippen molar-refractivity contribution in [1.82, 2.24) is 0 Å². The molecule has 1 aliphatic heterocycles. The van der Waals surface area contributed by atoms with Crippen molar-refractivity contribution >= 4 is 22.6 Å². The van der Waals surface area contributed by atoms with Crippen LogP contribution in [0.25, 0.3) is 0 Å². The zero-order valence-electron chi connectivity index (χ0n) is 24.2. The molecule has 1 unspecified atom stereocenters. The lowest BCUT2D eigenvalue weighted by Gasteiger charge is -2.49. The quantitative estimate of drug-likeness (QED) is 0.227. The summed E-state index contributed by atoms with van der Waals surface area (Å²) in [6.45, 7) is 28.6. The third kappa shape index (κ3) is 6.74. The zero-order valence-corrected chi connectivity index (χ0v) is 26.2. The van der Waals surface area contributed by atoms with E-state index in [9.17, 15) is 9.90 Å². The van der Waals surface area contributed by atoms with Gasteiger partial charge in [0.05, 0.1) is 12.7 Å². The molecule has 1 rings (SSSR count). The first-order valence-electron chi connectivity index (χ1n) is 13.4. The lowest BCUT2D eigenvalue weighted by Crippen LogP contribution is -2.60. The Hall–Kier alpha value is -0.256. The molecule has 1 saturated heterocycles. The second-order valence-electron chi connectivity index (χ2n) is 12.0. The molecular weight excluding hydrogens is 464 g/mol. The van der Waals surface area contributed by atoms with Gasteiger partial charge in [-0.3, -0.25) is 4.79 Å². The molecule has 0 aromatic carbocycles. The molecule has 1 N–H and O–H groups in total. The molecule has 0 saturated carbocycles. The van der Waals surface area contributed by atoms with E-state index in [1.54, 1.807) is 0 Å². The van der Waals surface area contributed by atoms with Crippen LogP contribution < -0.4 is 0 Å². The molecule has 0 aromatic rings. The topological polar surface area (TPSA) is 74.2 Å². The van der Waals surface area contributed by atoms with Crippen molar-refractivity contribution in [3.63, 3.8) is 0 Å². The molecule has 6 nitrogen and oxygen atoms in total. The van der Waals surface area contributed by atoms with Gasteiger partial charge < -0.3 is 23.4 Å². The van der Waals surface area contributed by atoms with Crippen LogP contribution in [0.5, 0.6) is 0 Å². The number of carbonyl (C=O) groups is 1. The van der Waals surface area contributed by atoms with Crippen LogP contribution in [0.2, 0.25) is 33.2 Å². The van der Waals surface area contributed by atoms with Crippen molar-refractivity contribution in [2.75, 3.05) is 6.61 Å². The van der Waals surface area contributed by atoms with Crippen molar-refractivity contribution < 1.29 is 28.2 Å². The van der Waals surface area contributed by atoms with E-state index < -0.39 is 41.2 Å². The molecule has 4 atom stereocenters. The molecule has 1 heterocycles. The fraction of sp³-hybridized carbons (Fsp3) is 0.962. The maximum atomic E-state index is 12.2. The summed E-state index contributed by atoms with van der Waals surface area (Å²) in [6.07, 6.45) is -2.29. The minimum absolute atomic E-state index is 0.287. The number of ether oxygens (including phenoxy) is 2. The third-order valence-corrected chi connectivity index (χ3v) is 20.3. The van der Waals surface area contributed by atoms with E-state index in [1.807, 2.05) is 0 Å². The van der Waals surface area contributed by atoms with Crippen LogP contribution in [0.3, 0.4) is 0 Å². The first kappa shape index (κ1) is 31.8. The molecule has 0 radical (unpaired) electrons. The number of hydrogen-bond donors (Lipinski definition) is 1. The Morgan fingerprint density at radius 3 is 1.59 bits per heavy atom. The van der Waals surface area contributed by atoms with Gasteiger partial charge in [0.25, 0.3) is 0 Å². The van der Waals surface area contributed by atoms with Gasteiger partial charge in [-0.1, -0.05) is 83.1 Å². The van der Waals surface area contributed by atoms with Crippen LogP contribution in [0, 0.1) is 0 Å². The highest BCUT2D eigenvalue weighted by Crippen LogP contribution is 2.46. The monoisotopic (exact) mass is 518 g/mol. The molecule has 8 heteroatoms. The SMILES string of the molecule is CC(=O)O[C@H]1[C@@H](CO[Si](C(C)C)(C(C)C)C(C)C)OC(O)C[C@H]1O[Si](C(C)C)(C(C)C)C(C)C. The summed E-state index contributed by atoms with van der Waals surface area (Å²) < 4.78 is 25.7. The van der Waals surface area contributed by atoms with Gasteiger partial charge in [-0.25, -0.2) is 0 Å². The van der Waals surface area contributed by atoms with E-state index in [0.29, 0.717) is 33.2 Å². The summed E-state index contributed by atoms with van der Waals surface area (Å²) >= 11 is 0. The number of rotatable bonds is 12. The van der Waals surface area contributed by atoms with Gasteiger partial charge in [-0.05, 0) is 33.2 Å². The predicted molar refractivity (Wildman–Crippen MR) is 144 cm³/mol. The maximum Gasteiger partial charge on any atom is 0.303 e. The Balaban J connectivity index is 3.36. The summed E-state index contributed by atoms with van der Waals surface area (Å²) in [4.78, 5) is 12.2. The van der Waals surface area contributed by atoms with E-state index in [-0.39, 0.29) is 19.0 Å². The lowest BCUT2D eigenvalue weighted by molar-refractivity contribution is -0.243. The first-order chi connectivity index (χ1) is 15.5. The van der Waals surface area contributed by atoms with Crippen LogP contribution in [0.4, 0.5) is 0 Å². The standard InChI is InChI=1S/C26H54O6Si2/c1-16(2)33(17(3)4,18(5)6)29-15-24-26(30-22(13)27)23(14-25(28)31-24)32-34(19(7)8,20(9)10)21(11)12/h16-21,23-26,28H,14-15H2,1-13H3/t23-,24-,25?,26-/m1/s1. The van der Waals surface area contributed by atoms with E-state index in [4.69, 9.17) is 18.3 Å². The fourth-order valence-corrected chi connectivity index (χ4v) is 17.9. The zero-order chi connectivity index (χ0) is 26.6.